The van der Waals surface area contributed by atoms with Crippen molar-refractivity contribution in [2.24, 2.45) is 0 Å². The number of nitrogens with two attached hydrogens (primary N) is 1. The monoisotopic (exact) mass is 274 g/mol. The van der Waals surface area contributed by atoms with Crippen LogP contribution in [-0.4, -0.2) is 16.1 Å². The molecule has 0 spiro atoms. The Morgan fingerprint density at radius 3 is 2.81 bits per heavy atom. The van der Waals surface area contributed by atoms with Gasteiger partial charge in [-0.25, -0.2) is 4.98 Å². The molecule has 7 heteroatoms. The number of nitrogens with zero attached hydrogens (tertiary/aromatic N) is 1. The van der Waals surface area contributed by atoms with E-state index >= 15 is 0 Å². The Hall–Kier alpha value is -1.11. The van der Waals surface area contributed by atoms with Gasteiger partial charge < -0.3 is 10.8 Å². The van der Waals surface area contributed by atoms with Gasteiger partial charge in [-0.2, -0.15) is 0 Å². The number of hydrogen-bond acceptors (Lipinski definition) is 5. The molecule has 4 nitrogen and oxygen atoms in total. The first kappa shape index (κ1) is 11.4. The zero-order valence-corrected chi connectivity index (χ0v) is 10.3. The minimum Gasteiger partial charge on any atom is -0.481 e. The summed E-state index contributed by atoms with van der Waals surface area (Å²) in [5, 5.41) is 9.14. The Morgan fingerprint density at radius 2 is 2.25 bits per heavy atom. The van der Waals surface area contributed by atoms with Gasteiger partial charge >= 0.3 is 5.97 Å². The summed E-state index contributed by atoms with van der Waals surface area (Å²) < 4.78 is 0.642. The fraction of sp³-hybridized carbons (Fsp3) is 0.111. The Labute approximate surface area is 104 Å². The van der Waals surface area contributed by atoms with Crippen molar-refractivity contribution in [2.45, 2.75) is 6.42 Å². The van der Waals surface area contributed by atoms with Crippen LogP contribution in [0.3, 0.4) is 0 Å². The van der Waals surface area contributed by atoms with Gasteiger partial charge in [0, 0.05) is 4.88 Å². The average Bonchev–Trinajstić information content (AvgIpc) is 2.72. The smallest absolute Gasteiger partial charge is 0.308 e. The molecule has 2 aromatic rings. The number of hydrogen-bond donors (Lipinski definition) is 2. The summed E-state index contributed by atoms with van der Waals surface area (Å²) in [4.78, 5) is 16.3. The van der Waals surface area contributed by atoms with Gasteiger partial charge in [-0.05, 0) is 12.1 Å². The third-order valence-electron chi connectivity index (χ3n) is 1.83. The number of aromatic nitrogens is 1. The Kier molecular flexibility index (Phi) is 3.13. The normalized spacial score (nSPS) is 10.6. The van der Waals surface area contributed by atoms with Crippen LogP contribution in [0.15, 0.2) is 12.1 Å². The maximum absolute atomic E-state index is 10.7. The molecule has 0 radical (unpaired) electrons. The van der Waals surface area contributed by atoms with Crippen LogP contribution in [0.4, 0.5) is 5.13 Å². The number of nitrogen functional groups attached to an aromatic ring is 1. The topological polar surface area (TPSA) is 76.2 Å². The molecule has 0 aliphatic rings. The van der Waals surface area contributed by atoms with Crippen molar-refractivity contribution >= 4 is 45.4 Å². The molecule has 84 valence electrons. The summed E-state index contributed by atoms with van der Waals surface area (Å²) in [6, 6.07) is 3.56. The van der Waals surface area contributed by atoms with E-state index in [1.54, 1.807) is 6.07 Å². The summed E-state index contributed by atoms with van der Waals surface area (Å²) in [6.45, 7) is 0. The van der Waals surface area contributed by atoms with Crippen molar-refractivity contribution in [3.8, 4) is 10.6 Å². The first-order valence-corrected chi connectivity index (χ1v) is 6.30. The minimum absolute atomic E-state index is 0.0697. The molecule has 0 aliphatic carbocycles. The highest BCUT2D eigenvalue weighted by molar-refractivity contribution is 7.20. The van der Waals surface area contributed by atoms with Crippen LogP contribution >= 0.6 is 34.3 Å². The van der Waals surface area contributed by atoms with Crippen LogP contribution in [0.2, 0.25) is 4.34 Å². The SMILES string of the molecule is Nc1nc(-c2ccc(Cl)s2)c(CC(=O)O)s1. The maximum Gasteiger partial charge on any atom is 0.308 e. The third-order valence-corrected chi connectivity index (χ3v) is 3.95. The van der Waals surface area contributed by atoms with E-state index in [9.17, 15) is 4.79 Å². The molecular formula is C9H7ClN2O2S2. The number of anilines is 1. The van der Waals surface area contributed by atoms with Gasteiger partial charge in [-0.15, -0.1) is 22.7 Å². The molecule has 0 atom stereocenters. The Morgan fingerprint density at radius 1 is 1.50 bits per heavy atom. The van der Waals surface area contributed by atoms with E-state index in [0.717, 1.165) is 4.88 Å². The van der Waals surface area contributed by atoms with E-state index < -0.39 is 5.97 Å². The summed E-state index contributed by atoms with van der Waals surface area (Å²) in [7, 11) is 0. The van der Waals surface area contributed by atoms with Gasteiger partial charge in [0.25, 0.3) is 0 Å². The second-order valence-electron chi connectivity index (χ2n) is 3.00. The van der Waals surface area contributed by atoms with Crippen molar-refractivity contribution in [3.63, 3.8) is 0 Å². The highest BCUT2D eigenvalue weighted by atomic mass is 35.5. The number of carboxylic acids is 1. The lowest BCUT2D eigenvalue weighted by molar-refractivity contribution is -0.136. The molecule has 0 aliphatic heterocycles. The lowest BCUT2D eigenvalue weighted by Gasteiger charge is -1.95. The fourth-order valence-corrected chi connectivity index (χ4v) is 3.22. The van der Waals surface area contributed by atoms with Gasteiger partial charge in [-0.3, -0.25) is 4.79 Å². The quantitative estimate of drug-likeness (QED) is 0.902. The van der Waals surface area contributed by atoms with E-state index in [0.29, 0.717) is 20.0 Å². The van der Waals surface area contributed by atoms with Crippen molar-refractivity contribution < 1.29 is 9.90 Å². The van der Waals surface area contributed by atoms with Crippen molar-refractivity contribution in [2.75, 3.05) is 5.73 Å². The maximum atomic E-state index is 10.7. The predicted octanol–water partition coefficient (Wildman–Crippen LogP) is 2.73. The first-order chi connectivity index (χ1) is 7.56. The van der Waals surface area contributed by atoms with Gasteiger partial charge in [0.2, 0.25) is 0 Å². The van der Waals surface area contributed by atoms with E-state index in [1.807, 2.05) is 6.07 Å². The van der Waals surface area contributed by atoms with Crippen molar-refractivity contribution in [1.82, 2.24) is 4.98 Å². The van der Waals surface area contributed by atoms with E-state index in [4.69, 9.17) is 22.4 Å². The number of thiazole rings is 1. The molecule has 2 aromatic heterocycles. The standard InChI is InChI=1S/C9H7ClN2O2S2/c10-6-2-1-4(15-6)8-5(3-7(13)14)16-9(11)12-8/h1-2H,3H2,(H2,11,12)(H,13,14). The second kappa shape index (κ2) is 4.40. The molecule has 0 saturated carbocycles. The summed E-state index contributed by atoms with van der Waals surface area (Å²) >= 11 is 8.37. The zero-order valence-electron chi connectivity index (χ0n) is 7.94. The average molecular weight is 275 g/mol. The predicted molar refractivity (Wildman–Crippen MR) is 66.2 cm³/mol. The molecule has 0 amide bonds. The molecule has 0 bridgehead atoms. The summed E-state index contributed by atoms with van der Waals surface area (Å²) in [5.41, 5.74) is 6.21. The summed E-state index contributed by atoms with van der Waals surface area (Å²) in [5.74, 6) is -0.896. The number of halogens is 1. The minimum atomic E-state index is -0.896. The summed E-state index contributed by atoms with van der Waals surface area (Å²) in [6.07, 6.45) is -0.0697. The molecular weight excluding hydrogens is 268 g/mol. The molecule has 0 aromatic carbocycles. The first-order valence-electron chi connectivity index (χ1n) is 4.29. The van der Waals surface area contributed by atoms with E-state index in [2.05, 4.69) is 4.98 Å². The molecule has 0 unspecified atom stereocenters. The molecule has 0 saturated heterocycles. The number of carboxylic acid groups (broad SMARTS) is 1. The third kappa shape index (κ3) is 2.34. The molecule has 3 N–H and O–H groups in total. The van der Waals surface area contributed by atoms with Gasteiger partial charge in [0.05, 0.1) is 21.3 Å². The number of rotatable bonds is 3. The van der Waals surface area contributed by atoms with Gasteiger partial charge in [-0.1, -0.05) is 11.6 Å². The van der Waals surface area contributed by atoms with E-state index in [1.165, 1.54) is 22.7 Å². The highest BCUT2D eigenvalue weighted by Gasteiger charge is 2.15. The van der Waals surface area contributed by atoms with E-state index in [-0.39, 0.29) is 6.42 Å². The van der Waals surface area contributed by atoms with Crippen LogP contribution < -0.4 is 5.73 Å². The zero-order chi connectivity index (χ0) is 11.7. The highest BCUT2D eigenvalue weighted by Crippen LogP contribution is 2.36. The largest absolute Gasteiger partial charge is 0.481 e. The molecule has 0 fully saturated rings. The van der Waals surface area contributed by atoms with Crippen LogP contribution in [-0.2, 0) is 11.2 Å². The van der Waals surface area contributed by atoms with Crippen molar-refractivity contribution in [1.29, 1.82) is 0 Å². The lowest BCUT2D eigenvalue weighted by Crippen LogP contribution is -1.98. The van der Waals surface area contributed by atoms with Crippen LogP contribution in [0.5, 0.6) is 0 Å². The van der Waals surface area contributed by atoms with Crippen molar-refractivity contribution in [3.05, 3.63) is 21.3 Å². The lowest BCUT2D eigenvalue weighted by atomic mass is 10.2. The number of thiophene rings is 1. The van der Waals surface area contributed by atoms with Gasteiger partial charge in [0.1, 0.15) is 0 Å². The molecule has 2 heterocycles. The van der Waals surface area contributed by atoms with Crippen LogP contribution in [0.1, 0.15) is 4.88 Å². The number of carbonyl (C=O) groups is 1. The molecule has 2 rings (SSSR count). The Balaban J connectivity index is 2.43. The van der Waals surface area contributed by atoms with Crippen LogP contribution in [0.25, 0.3) is 10.6 Å². The van der Waals surface area contributed by atoms with Gasteiger partial charge in [0.15, 0.2) is 5.13 Å². The van der Waals surface area contributed by atoms with Crippen LogP contribution in [0, 0.1) is 0 Å². The second-order valence-corrected chi connectivity index (χ2v) is 5.83. The molecule has 16 heavy (non-hydrogen) atoms. The Bertz CT molecular complexity index is 535. The number of aliphatic carboxylic acids is 1. The fourth-order valence-electron chi connectivity index (χ4n) is 1.26.